The lowest BCUT2D eigenvalue weighted by molar-refractivity contribution is -0.278. The molecule has 38 heavy (non-hydrogen) atoms. The Labute approximate surface area is 222 Å². The van der Waals surface area contributed by atoms with Crippen LogP contribution < -0.4 is 10.4 Å². The molecule has 4 N–H and O–H groups in total. The molecule has 1 fully saturated rings. The fourth-order valence-corrected chi connectivity index (χ4v) is 4.46. The van der Waals surface area contributed by atoms with Gasteiger partial charge in [-0.15, -0.1) is 0 Å². The van der Waals surface area contributed by atoms with Crippen LogP contribution in [-0.4, -0.2) is 63.7 Å². The molecule has 5 atom stereocenters. The van der Waals surface area contributed by atoms with Gasteiger partial charge in [-0.05, 0) is 18.6 Å². The molecule has 2 aromatic rings. The number of carbonyl (C=O) groups is 1. The van der Waals surface area contributed by atoms with E-state index in [0.29, 0.717) is 11.8 Å². The van der Waals surface area contributed by atoms with Crippen LogP contribution in [0, 0.1) is 0 Å². The number of hydrogen-bond acceptors (Lipinski definition) is 10. The number of ether oxygens (including phenoxy) is 3. The minimum Gasteiger partial charge on any atom is -0.504 e. The van der Waals surface area contributed by atoms with Gasteiger partial charge in [0.1, 0.15) is 36.6 Å². The van der Waals surface area contributed by atoms with Crippen molar-refractivity contribution < 1.29 is 43.8 Å². The number of hydrogen-bond donors (Lipinski definition) is 4. The molecule has 2 heterocycles. The summed E-state index contributed by atoms with van der Waals surface area (Å²) < 4.78 is 21.4. The number of aromatic hydroxyl groups is 1. The highest BCUT2D eigenvalue weighted by molar-refractivity contribution is 5.80. The van der Waals surface area contributed by atoms with Crippen LogP contribution in [0.3, 0.4) is 0 Å². The number of phenols is 1. The molecule has 0 radical (unpaired) electrons. The molecule has 0 bridgehead atoms. The van der Waals surface area contributed by atoms with Crippen molar-refractivity contribution in [2.75, 3.05) is 6.61 Å². The first-order chi connectivity index (χ1) is 18.3. The van der Waals surface area contributed by atoms with Gasteiger partial charge in [0.2, 0.25) is 6.29 Å². The SMILES string of the molecule is CCCCCCCCCCCCC(=O)OC[C@H]1O[C@H](Oc2cc3ccc(=O)oc3cc2O)[C@H](O)[C@@H](O)[C@@H]1O. The number of fused-ring (bicyclic) bond motifs is 1. The summed E-state index contributed by atoms with van der Waals surface area (Å²) in [5.41, 5.74) is -0.450. The van der Waals surface area contributed by atoms with Crippen LogP contribution in [0.1, 0.15) is 77.6 Å². The lowest BCUT2D eigenvalue weighted by Crippen LogP contribution is -2.60. The summed E-state index contributed by atoms with van der Waals surface area (Å²) in [7, 11) is 0. The summed E-state index contributed by atoms with van der Waals surface area (Å²) in [6, 6.07) is 5.23. The first-order valence-electron chi connectivity index (χ1n) is 13.6. The molecule has 1 aromatic carbocycles. The van der Waals surface area contributed by atoms with Crippen molar-refractivity contribution in [2.24, 2.45) is 0 Å². The molecule has 1 saturated heterocycles. The molecule has 10 nitrogen and oxygen atoms in total. The van der Waals surface area contributed by atoms with Crippen molar-refractivity contribution in [1.29, 1.82) is 0 Å². The van der Waals surface area contributed by atoms with Gasteiger partial charge in [0.25, 0.3) is 0 Å². The van der Waals surface area contributed by atoms with E-state index in [-0.39, 0.29) is 30.1 Å². The number of aliphatic hydroxyl groups excluding tert-OH is 3. The van der Waals surface area contributed by atoms with E-state index in [1.54, 1.807) is 0 Å². The Morgan fingerprint density at radius 2 is 1.55 bits per heavy atom. The second kappa shape index (κ2) is 15.1. The molecular formula is C28H40O10. The van der Waals surface area contributed by atoms with Gasteiger partial charge in [0.05, 0.1) is 0 Å². The maximum atomic E-state index is 12.2. The highest BCUT2D eigenvalue weighted by Gasteiger charge is 2.45. The Kier molecular flexibility index (Phi) is 11.8. The van der Waals surface area contributed by atoms with Crippen LogP contribution in [0.2, 0.25) is 0 Å². The van der Waals surface area contributed by atoms with Crippen LogP contribution in [0.15, 0.2) is 33.5 Å². The third-order valence-electron chi connectivity index (χ3n) is 6.76. The molecule has 212 valence electrons. The summed E-state index contributed by atoms with van der Waals surface area (Å²) in [4.78, 5) is 23.6. The number of unbranched alkanes of at least 4 members (excludes halogenated alkanes) is 9. The van der Waals surface area contributed by atoms with Crippen molar-refractivity contribution in [3.8, 4) is 11.5 Å². The first kappa shape index (κ1) is 29.9. The molecule has 1 aliphatic rings. The zero-order chi connectivity index (χ0) is 27.5. The third kappa shape index (κ3) is 8.69. The molecule has 0 spiro atoms. The Hall–Kier alpha value is -2.66. The highest BCUT2D eigenvalue weighted by atomic mass is 16.7. The number of esters is 1. The predicted molar refractivity (Wildman–Crippen MR) is 139 cm³/mol. The summed E-state index contributed by atoms with van der Waals surface area (Å²) in [6.45, 7) is 1.87. The lowest BCUT2D eigenvalue weighted by Gasteiger charge is -2.39. The van der Waals surface area contributed by atoms with E-state index in [9.17, 15) is 30.0 Å². The van der Waals surface area contributed by atoms with E-state index in [4.69, 9.17) is 18.6 Å². The Morgan fingerprint density at radius 1 is 0.895 bits per heavy atom. The van der Waals surface area contributed by atoms with Crippen molar-refractivity contribution >= 4 is 16.9 Å². The van der Waals surface area contributed by atoms with E-state index < -0.39 is 42.3 Å². The Bertz CT molecular complexity index is 1070. The summed E-state index contributed by atoms with van der Waals surface area (Å²) in [5, 5.41) is 41.7. The molecule has 0 aliphatic carbocycles. The number of carbonyl (C=O) groups excluding carboxylic acids is 1. The Balaban J connectivity index is 1.43. The number of benzene rings is 1. The van der Waals surface area contributed by atoms with Gasteiger partial charge < -0.3 is 39.1 Å². The quantitative estimate of drug-likeness (QED) is 0.151. The second-order valence-corrected chi connectivity index (χ2v) is 9.86. The normalized spacial score (nSPS) is 23.4. The van der Waals surface area contributed by atoms with Crippen LogP contribution in [0.5, 0.6) is 11.5 Å². The molecule has 0 saturated carbocycles. The van der Waals surface area contributed by atoms with Crippen LogP contribution in [0.4, 0.5) is 0 Å². The monoisotopic (exact) mass is 536 g/mol. The van der Waals surface area contributed by atoms with Crippen LogP contribution in [-0.2, 0) is 14.3 Å². The van der Waals surface area contributed by atoms with E-state index >= 15 is 0 Å². The van der Waals surface area contributed by atoms with E-state index in [0.717, 1.165) is 19.3 Å². The average Bonchev–Trinajstić information content (AvgIpc) is 2.89. The average molecular weight is 537 g/mol. The number of aliphatic hydroxyl groups is 3. The largest absolute Gasteiger partial charge is 0.504 e. The van der Waals surface area contributed by atoms with E-state index in [1.165, 1.54) is 62.8 Å². The van der Waals surface area contributed by atoms with Crippen molar-refractivity contribution in [3.63, 3.8) is 0 Å². The van der Waals surface area contributed by atoms with Crippen molar-refractivity contribution in [3.05, 3.63) is 34.7 Å². The van der Waals surface area contributed by atoms with Gasteiger partial charge in [-0.2, -0.15) is 0 Å². The maximum Gasteiger partial charge on any atom is 0.336 e. The van der Waals surface area contributed by atoms with E-state index in [1.807, 2.05) is 0 Å². The molecule has 3 rings (SSSR count). The van der Waals surface area contributed by atoms with Gasteiger partial charge in [0.15, 0.2) is 11.5 Å². The minimum atomic E-state index is -1.65. The van der Waals surface area contributed by atoms with Gasteiger partial charge in [-0.3, -0.25) is 4.79 Å². The summed E-state index contributed by atoms with van der Waals surface area (Å²) >= 11 is 0. The minimum absolute atomic E-state index is 0.101. The van der Waals surface area contributed by atoms with Gasteiger partial charge in [0, 0.05) is 23.9 Å². The summed E-state index contributed by atoms with van der Waals surface area (Å²) in [5.74, 6) is -0.925. The molecule has 10 heteroatoms. The first-order valence-corrected chi connectivity index (χ1v) is 13.6. The fraction of sp³-hybridized carbons (Fsp3) is 0.643. The third-order valence-corrected chi connectivity index (χ3v) is 6.76. The van der Waals surface area contributed by atoms with Crippen molar-refractivity contribution in [1.82, 2.24) is 0 Å². The van der Waals surface area contributed by atoms with E-state index in [2.05, 4.69) is 6.92 Å². The smallest absolute Gasteiger partial charge is 0.336 e. The van der Waals surface area contributed by atoms with Crippen molar-refractivity contribution in [2.45, 2.75) is 108 Å². The van der Waals surface area contributed by atoms with Gasteiger partial charge in [-0.1, -0.05) is 64.7 Å². The Morgan fingerprint density at radius 3 is 2.24 bits per heavy atom. The highest BCUT2D eigenvalue weighted by Crippen LogP contribution is 2.34. The zero-order valence-electron chi connectivity index (χ0n) is 21.9. The zero-order valence-corrected chi connectivity index (χ0v) is 21.9. The predicted octanol–water partition coefficient (Wildman–Crippen LogP) is 3.54. The molecule has 0 unspecified atom stereocenters. The molecule has 0 amide bonds. The maximum absolute atomic E-state index is 12.2. The standard InChI is InChI=1S/C28H40O10/c1-2-3-4-5-6-7-8-9-10-11-12-23(30)35-17-22-25(32)26(33)27(34)28(38-22)37-21-15-18-13-14-24(31)36-20(18)16-19(21)29/h13-16,22,25-29,32-34H,2-12,17H2,1H3/t22-,25-,26+,27-,28+/m1/s1. The fourth-order valence-electron chi connectivity index (χ4n) is 4.46. The number of rotatable bonds is 15. The van der Waals surface area contributed by atoms with Gasteiger partial charge >= 0.3 is 11.6 Å². The topological polar surface area (TPSA) is 156 Å². The molecule has 1 aromatic heterocycles. The summed E-state index contributed by atoms with van der Waals surface area (Å²) in [6.07, 6.45) is 4.30. The molecule has 1 aliphatic heterocycles. The van der Waals surface area contributed by atoms with Gasteiger partial charge in [-0.25, -0.2) is 4.79 Å². The second-order valence-electron chi connectivity index (χ2n) is 9.86. The number of phenolic OH excluding ortho intramolecular Hbond substituents is 1. The van der Waals surface area contributed by atoms with Crippen LogP contribution in [0.25, 0.3) is 11.0 Å². The molecular weight excluding hydrogens is 496 g/mol. The lowest BCUT2D eigenvalue weighted by atomic mass is 9.99. The van der Waals surface area contributed by atoms with Crippen LogP contribution >= 0.6 is 0 Å².